The first kappa shape index (κ1) is 15.7. The van der Waals surface area contributed by atoms with E-state index in [9.17, 15) is 4.79 Å². The smallest absolute Gasteiger partial charge is 0.230 e. The Kier molecular flexibility index (Phi) is 5.89. The maximum Gasteiger partial charge on any atom is 0.230 e. The number of likely N-dealkylation sites (tertiary alicyclic amines) is 1. The van der Waals surface area contributed by atoms with Crippen molar-refractivity contribution in [2.45, 2.75) is 25.7 Å². The normalized spacial score (nSPS) is 15.4. The Morgan fingerprint density at radius 2 is 2.24 bits per heavy atom. The summed E-state index contributed by atoms with van der Waals surface area (Å²) in [6.45, 7) is 4.19. The number of thiophene rings is 1. The van der Waals surface area contributed by atoms with E-state index in [-0.39, 0.29) is 5.92 Å². The molecule has 1 saturated heterocycles. The molecule has 1 aliphatic rings. The van der Waals surface area contributed by atoms with Gasteiger partial charge in [-0.15, -0.1) is 11.3 Å². The summed E-state index contributed by atoms with van der Waals surface area (Å²) in [5.41, 5.74) is 4.85. The summed E-state index contributed by atoms with van der Waals surface area (Å²) in [5, 5.41) is 6.01. The number of amides is 1. The van der Waals surface area contributed by atoms with Crippen molar-refractivity contribution in [2.75, 3.05) is 19.6 Å². The van der Waals surface area contributed by atoms with Gasteiger partial charge >= 0.3 is 0 Å². The van der Waals surface area contributed by atoms with Crippen LogP contribution in [0.4, 0.5) is 0 Å². The van der Waals surface area contributed by atoms with Crippen LogP contribution < -0.4 is 5.73 Å². The van der Waals surface area contributed by atoms with Crippen molar-refractivity contribution >= 4 is 17.7 Å². The highest BCUT2D eigenvalue weighted by Crippen LogP contribution is 2.29. The van der Waals surface area contributed by atoms with E-state index in [1.165, 1.54) is 0 Å². The lowest BCUT2D eigenvalue weighted by Crippen LogP contribution is -2.31. The third-order valence-electron chi connectivity index (χ3n) is 3.21. The van der Waals surface area contributed by atoms with E-state index >= 15 is 0 Å². The summed E-state index contributed by atoms with van der Waals surface area (Å²) in [5.74, 6) is 1.64. The van der Waals surface area contributed by atoms with Gasteiger partial charge in [0.2, 0.25) is 18.1 Å². The van der Waals surface area contributed by atoms with Crippen LogP contribution in [0.1, 0.15) is 31.6 Å². The molecule has 2 aromatic rings. The molecule has 6 nitrogen and oxygen atoms in total. The van der Waals surface area contributed by atoms with Crippen molar-refractivity contribution < 1.29 is 9.32 Å². The SMILES string of the molecule is CCN.O=CN1CCC(c2nc(-c3cccs3)no2)CC1. The summed E-state index contributed by atoms with van der Waals surface area (Å²) in [4.78, 5) is 17.9. The number of carbonyl (C=O) groups is 1. The van der Waals surface area contributed by atoms with Crippen molar-refractivity contribution in [3.63, 3.8) is 0 Å². The predicted octanol–water partition coefficient (Wildman–Crippen LogP) is 2.10. The Balaban J connectivity index is 0.000000497. The first-order chi connectivity index (χ1) is 10.3. The predicted molar refractivity (Wildman–Crippen MR) is 82.0 cm³/mol. The van der Waals surface area contributed by atoms with Crippen LogP contribution in [0.2, 0.25) is 0 Å². The van der Waals surface area contributed by atoms with Gasteiger partial charge in [-0.1, -0.05) is 18.1 Å². The Morgan fingerprint density at radius 3 is 2.81 bits per heavy atom. The molecule has 0 spiro atoms. The number of rotatable bonds is 3. The maximum atomic E-state index is 10.6. The Morgan fingerprint density at radius 1 is 1.52 bits per heavy atom. The van der Waals surface area contributed by atoms with Gasteiger partial charge in [0.05, 0.1) is 4.88 Å². The van der Waals surface area contributed by atoms with Crippen molar-refractivity contribution in [3.05, 3.63) is 23.4 Å². The molecule has 1 aliphatic heterocycles. The van der Waals surface area contributed by atoms with E-state index in [1.54, 1.807) is 16.2 Å². The number of aromatic nitrogens is 2. The Bertz CT molecular complexity index is 533. The maximum absolute atomic E-state index is 10.6. The highest BCUT2D eigenvalue weighted by molar-refractivity contribution is 7.13. The summed E-state index contributed by atoms with van der Waals surface area (Å²) in [7, 11) is 0. The van der Waals surface area contributed by atoms with Gasteiger partial charge in [-0.2, -0.15) is 4.98 Å². The van der Waals surface area contributed by atoms with Crippen LogP contribution in [0.5, 0.6) is 0 Å². The summed E-state index contributed by atoms with van der Waals surface area (Å²) in [6.07, 6.45) is 2.69. The number of hydrogen-bond donors (Lipinski definition) is 1. The number of nitrogens with zero attached hydrogens (tertiary/aromatic N) is 3. The van der Waals surface area contributed by atoms with Crippen molar-refractivity contribution in [3.8, 4) is 10.7 Å². The molecule has 1 amide bonds. The van der Waals surface area contributed by atoms with Crippen molar-refractivity contribution in [1.82, 2.24) is 15.0 Å². The topological polar surface area (TPSA) is 85.3 Å². The monoisotopic (exact) mass is 308 g/mol. The van der Waals surface area contributed by atoms with Gasteiger partial charge in [-0.25, -0.2) is 0 Å². The van der Waals surface area contributed by atoms with Crippen molar-refractivity contribution in [2.24, 2.45) is 5.73 Å². The quantitative estimate of drug-likeness (QED) is 0.878. The third-order valence-corrected chi connectivity index (χ3v) is 4.08. The molecule has 7 heteroatoms. The van der Waals surface area contributed by atoms with Gasteiger partial charge in [0, 0.05) is 19.0 Å². The zero-order valence-electron chi connectivity index (χ0n) is 12.1. The number of carbonyl (C=O) groups excluding carboxylic acids is 1. The molecule has 0 aromatic carbocycles. The number of nitrogens with two attached hydrogens (primary N) is 1. The van der Waals surface area contributed by atoms with Gasteiger partial charge in [0.25, 0.3) is 0 Å². The lowest BCUT2D eigenvalue weighted by molar-refractivity contribution is -0.119. The van der Waals surface area contributed by atoms with E-state index in [0.29, 0.717) is 11.7 Å². The molecular weight excluding hydrogens is 288 g/mol. The molecule has 3 heterocycles. The minimum atomic E-state index is 0.280. The van der Waals surface area contributed by atoms with Crippen LogP contribution in [0.15, 0.2) is 22.0 Å². The zero-order chi connectivity index (χ0) is 15.1. The largest absolute Gasteiger partial charge is 0.345 e. The standard InChI is InChI=1S/C12H13N3O2S.C2H7N/c16-8-15-5-3-9(4-6-15)12-13-11(14-17-12)10-2-1-7-18-10;1-2-3/h1-2,7-9H,3-6H2;2-3H2,1H3. The fraction of sp³-hybridized carbons (Fsp3) is 0.500. The molecule has 0 unspecified atom stereocenters. The number of piperidine rings is 1. The van der Waals surface area contributed by atoms with Crippen LogP contribution in [0, 0.1) is 0 Å². The zero-order valence-corrected chi connectivity index (χ0v) is 12.9. The molecule has 0 atom stereocenters. The van der Waals surface area contributed by atoms with E-state index in [1.807, 2.05) is 24.4 Å². The van der Waals surface area contributed by atoms with E-state index in [4.69, 9.17) is 10.3 Å². The molecule has 0 aliphatic carbocycles. The van der Waals surface area contributed by atoms with Gasteiger partial charge in [0.1, 0.15) is 0 Å². The Labute approximate surface area is 127 Å². The van der Waals surface area contributed by atoms with Crippen LogP contribution in [0.25, 0.3) is 10.7 Å². The summed E-state index contributed by atoms with van der Waals surface area (Å²) >= 11 is 1.60. The van der Waals surface area contributed by atoms with Gasteiger partial charge in [-0.3, -0.25) is 4.79 Å². The second-order valence-corrected chi connectivity index (χ2v) is 5.71. The highest BCUT2D eigenvalue weighted by Gasteiger charge is 2.24. The van der Waals surface area contributed by atoms with Crippen LogP contribution in [-0.2, 0) is 4.79 Å². The van der Waals surface area contributed by atoms with E-state index in [0.717, 1.165) is 43.8 Å². The van der Waals surface area contributed by atoms with E-state index < -0.39 is 0 Å². The average molecular weight is 308 g/mol. The summed E-state index contributed by atoms with van der Waals surface area (Å²) < 4.78 is 5.34. The van der Waals surface area contributed by atoms with Gasteiger partial charge in [-0.05, 0) is 30.8 Å². The molecule has 1 fully saturated rings. The molecule has 0 radical (unpaired) electrons. The summed E-state index contributed by atoms with van der Waals surface area (Å²) in [6, 6.07) is 3.95. The third kappa shape index (κ3) is 4.12. The Hall–Kier alpha value is -1.73. The second kappa shape index (κ2) is 7.90. The first-order valence-corrected chi connectivity index (χ1v) is 7.93. The van der Waals surface area contributed by atoms with Crippen LogP contribution in [-0.4, -0.2) is 41.1 Å². The molecule has 0 saturated carbocycles. The molecule has 114 valence electrons. The van der Waals surface area contributed by atoms with Crippen molar-refractivity contribution in [1.29, 1.82) is 0 Å². The molecule has 3 rings (SSSR count). The molecule has 21 heavy (non-hydrogen) atoms. The van der Waals surface area contributed by atoms with Crippen LogP contribution in [0.3, 0.4) is 0 Å². The van der Waals surface area contributed by atoms with Crippen LogP contribution >= 0.6 is 11.3 Å². The second-order valence-electron chi connectivity index (χ2n) is 4.76. The van der Waals surface area contributed by atoms with Gasteiger partial charge in [0.15, 0.2) is 0 Å². The lowest BCUT2D eigenvalue weighted by atomic mass is 9.97. The molecular formula is C14H20N4O2S. The minimum absolute atomic E-state index is 0.280. The minimum Gasteiger partial charge on any atom is -0.345 e. The lowest BCUT2D eigenvalue weighted by Gasteiger charge is -2.26. The number of hydrogen-bond acceptors (Lipinski definition) is 6. The highest BCUT2D eigenvalue weighted by atomic mass is 32.1. The molecule has 0 bridgehead atoms. The fourth-order valence-electron chi connectivity index (χ4n) is 2.16. The molecule has 2 aromatic heterocycles. The molecule has 2 N–H and O–H groups in total. The van der Waals surface area contributed by atoms with E-state index in [2.05, 4.69) is 10.1 Å². The van der Waals surface area contributed by atoms with Gasteiger partial charge < -0.3 is 15.2 Å². The first-order valence-electron chi connectivity index (χ1n) is 7.05. The average Bonchev–Trinajstić information content (AvgIpc) is 3.19. The fourth-order valence-corrected chi connectivity index (χ4v) is 2.81.